The van der Waals surface area contributed by atoms with Crippen LogP contribution in [0.15, 0.2) is 60.8 Å². The molecule has 0 radical (unpaired) electrons. The number of amides is 2. The fraction of sp³-hybridized carbons (Fsp3) is 0.208. The molecule has 2 amide bonds. The fourth-order valence-electron chi connectivity index (χ4n) is 3.37. The number of aromatic nitrogens is 1. The van der Waals surface area contributed by atoms with Gasteiger partial charge in [-0.1, -0.05) is 37.1 Å². The van der Waals surface area contributed by atoms with Gasteiger partial charge >= 0.3 is 6.09 Å². The number of hydrogen-bond donors (Lipinski definition) is 1. The van der Waals surface area contributed by atoms with Crippen molar-refractivity contribution >= 4 is 23.6 Å². The van der Waals surface area contributed by atoms with Crippen LogP contribution in [0.3, 0.4) is 0 Å². The highest BCUT2D eigenvalue weighted by Crippen LogP contribution is 2.35. The zero-order valence-corrected chi connectivity index (χ0v) is 18.3. The smallest absolute Gasteiger partial charge is 0.415 e. The van der Waals surface area contributed by atoms with Crippen LogP contribution >= 0.6 is 11.6 Å². The Balaban J connectivity index is 1.58. The Morgan fingerprint density at radius 2 is 1.88 bits per heavy atom. The van der Waals surface area contributed by atoms with Gasteiger partial charge in [0.05, 0.1) is 5.02 Å². The molecule has 1 N–H and O–H groups in total. The van der Waals surface area contributed by atoms with Crippen LogP contribution in [0.25, 0.3) is 0 Å². The van der Waals surface area contributed by atoms with Crippen molar-refractivity contribution < 1.29 is 23.8 Å². The first-order valence-corrected chi connectivity index (χ1v) is 10.5. The summed E-state index contributed by atoms with van der Waals surface area (Å²) in [7, 11) is 0. The van der Waals surface area contributed by atoms with Crippen LogP contribution in [-0.2, 0) is 21.6 Å². The largest absolute Gasteiger partial charge is 0.457 e. The molecule has 1 aromatic heterocycles. The third-order valence-corrected chi connectivity index (χ3v) is 5.26. The van der Waals surface area contributed by atoms with E-state index in [1.54, 1.807) is 49.4 Å². The van der Waals surface area contributed by atoms with Crippen LogP contribution in [0, 0.1) is 0 Å². The zero-order chi connectivity index (χ0) is 22.7. The summed E-state index contributed by atoms with van der Waals surface area (Å²) in [5, 5.41) is 2.70. The molecule has 1 fully saturated rings. The number of benzene rings is 2. The van der Waals surface area contributed by atoms with Crippen LogP contribution in [0.2, 0.25) is 5.02 Å². The first-order valence-electron chi connectivity index (χ1n) is 10.1. The van der Waals surface area contributed by atoms with Crippen molar-refractivity contribution in [2.75, 3.05) is 0 Å². The number of ether oxygens (including phenoxy) is 3. The molecule has 0 unspecified atom stereocenters. The molecular weight excluding hydrogens is 432 g/mol. The van der Waals surface area contributed by atoms with Crippen molar-refractivity contribution in [3.63, 3.8) is 0 Å². The minimum Gasteiger partial charge on any atom is -0.457 e. The molecule has 7 nitrogen and oxygen atoms in total. The second-order valence-corrected chi connectivity index (χ2v) is 7.88. The molecular formula is C24H21ClN2O5. The normalized spacial score (nSPS) is 17.6. The SMILES string of the molecule is CCCc1cc(Oc2ccc(Cl)cn2)ccc1Oc1cccc([C@@]2(C)OC(=O)NC2=O)c1. The molecule has 8 heteroatoms. The number of pyridine rings is 1. The van der Waals surface area contributed by atoms with E-state index in [2.05, 4.69) is 17.2 Å². The van der Waals surface area contributed by atoms with Gasteiger partial charge in [-0.3, -0.25) is 10.1 Å². The molecule has 1 aliphatic rings. The highest BCUT2D eigenvalue weighted by atomic mass is 35.5. The van der Waals surface area contributed by atoms with Crippen molar-refractivity contribution in [2.45, 2.75) is 32.3 Å². The second-order valence-electron chi connectivity index (χ2n) is 7.44. The third-order valence-electron chi connectivity index (χ3n) is 5.03. The average Bonchev–Trinajstić information content (AvgIpc) is 3.04. The van der Waals surface area contributed by atoms with Gasteiger partial charge in [0.25, 0.3) is 5.91 Å². The second kappa shape index (κ2) is 8.88. The zero-order valence-electron chi connectivity index (χ0n) is 17.6. The van der Waals surface area contributed by atoms with E-state index in [1.165, 1.54) is 6.20 Å². The summed E-state index contributed by atoms with van der Waals surface area (Å²) in [6.45, 7) is 3.62. The van der Waals surface area contributed by atoms with E-state index in [9.17, 15) is 9.59 Å². The summed E-state index contributed by atoms with van der Waals surface area (Å²) >= 11 is 5.87. The number of nitrogens with zero attached hydrogens (tertiary/aromatic N) is 1. The molecule has 1 atom stereocenters. The number of hydrogen-bond acceptors (Lipinski definition) is 6. The molecule has 1 aliphatic heterocycles. The van der Waals surface area contributed by atoms with Crippen molar-refractivity contribution in [1.29, 1.82) is 0 Å². The lowest BCUT2D eigenvalue weighted by molar-refractivity contribution is -0.130. The molecule has 0 aliphatic carbocycles. The number of carbonyl (C=O) groups excluding carboxylic acids is 2. The van der Waals surface area contributed by atoms with Crippen LogP contribution in [0.5, 0.6) is 23.1 Å². The number of cyclic esters (lactones) is 1. The Morgan fingerprint density at radius 3 is 2.56 bits per heavy atom. The first kappa shape index (κ1) is 21.6. The minimum absolute atomic E-state index is 0.441. The van der Waals surface area contributed by atoms with E-state index in [1.807, 2.05) is 12.1 Å². The number of carbonyl (C=O) groups is 2. The molecule has 164 valence electrons. The van der Waals surface area contributed by atoms with Gasteiger partial charge in [0.2, 0.25) is 11.5 Å². The van der Waals surface area contributed by atoms with Gasteiger partial charge in [0.1, 0.15) is 17.2 Å². The predicted octanol–water partition coefficient (Wildman–Crippen LogP) is 5.75. The Kier molecular flexibility index (Phi) is 6.01. The van der Waals surface area contributed by atoms with Crippen molar-refractivity contribution in [3.05, 3.63) is 76.9 Å². The Labute approximate surface area is 190 Å². The standard InChI is InChI=1S/C24H21ClN2O5/c1-3-5-15-12-19(31-21-11-8-17(25)14-26-21)9-10-20(15)30-18-7-4-6-16(13-18)24(2)22(28)27-23(29)32-24/h4,6-14H,3,5H2,1-2H3,(H,27,28,29)/t24-/m1/s1. The lowest BCUT2D eigenvalue weighted by Gasteiger charge is -2.20. The first-order chi connectivity index (χ1) is 15.4. The molecule has 0 bridgehead atoms. The molecule has 32 heavy (non-hydrogen) atoms. The van der Waals surface area contributed by atoms with Crippen LogP contribution in [0.1, 0.15) is 31.4 Å². The Hall–Kier alpha value is -3.58. The van der Waals surface area contributed by atoms with E-state index in [0.29, 0.717) is 33.7 Å². The highest BCUT2D eigenvalue weighted by Gasteiger charge is 2.46. The summed E-state index contributed by atoms with van der Waals surface area (Å²) in [5.74, 6) is 1.74. The van der Waals surface area contributed by atoms with Gasteiger partial charge in [0.15, 0.2) is 0 Å². The van der Waals surface area contributed by atoms with E-state index in [0.717, 1.165) is 18.4 Å². The summed E-state index contributed by atoms with van der Waals surface area (Å²) in [5.41, 5.74) is 0.0798. The molecule has 2 aromatic carbocycles. The van der Waals surface area contributed by atoms with Crippen molar-refractivity contribution in [2.24, 2.45) is 0 Å². The summed E-state index contributed by atoms with van der Waals surface area (Å²) < 4.78 is 17.2. The molecule has 0 spiro atoms. The van der Waals surface area contributed by atoms with Gasteiger partial charge in [-0.05, 0) is 55.3 Å². The fourth-order valence-corrected chi connectivity index (χ4v) is 3.48. The maximum atomic E-state index is 12.2. The molecule has 4 rings (SSSR count). The minimum atomic E-state index is -1.40. The molecule has 2 heterocycles. The van der Waals surface area contributed by atoms with Crippen molar-refractivity contribution in [3.8, 4) is 23.1 Å². The average molecular weight is 453 g/mol. The number of halogens is 1. The molecule has 1 saturated heterocycles. The number of alkyl carbamates (subject to hydrolysis) is 1. The lowest BCUT2D eigenvalue weighted by Crippen LogP contribution is -2.33. The summed E-state index contributed by atoms with van der Waals surface area (Å²) in [6, 6.07) is 15.9. The summed E-state index contributed by atoms with van der Waals surface area (Å²) in [6.07, 6.45) is 2.45. The highest BCUT2D eigenvalue weighted by molar-refractivity contribution is 6.30. The summed E-state index contributed by atoms with van der Waals surface area (Å²) in [4.78, 5) is 27.9. The monoisotopic (exact) mass is 452 g/mol. The van der Waals surface area contributed by atoms with Crippen molar-refractivity contribution in [1.82, 2.24) is 10.3 Å². The quantitative estimate of drug-likeness (QED) is 0.491. The number of imide groups is 1. The van der Waals surface area contributed by atoms with Gasteiger partial charge in [-0.25, -0.2) is 9.78 Å². The predicted molar refractivity (Wildman–Crippen MR) is 118 cm³/mol. The van der Waals surface area contributed by atoms with Gasteiger partial charge < -0.3 is 14.2 Å². The maximum absolute atomic E-state index is 12.2. The number of aryl methyl sites for hydroxylation is 1. The Morgan fingerprint density at radius 1 is 1.06 bits per heavy atom. The van der Waals surface area contributed by atoms with E-state index in [-0.39, 0.29) is 0 Å². The van der Waals surface area contributed by atoms with E-state index in [4.69, 9.17) is 25.8 Å². The van der Waals surface area contributed by atoms with Gasteiger partial charge in [-0.2, -0.15) is 0 Å². The maximum Gasteiger partial charge on any atom is 0.415 e. The number of nitrogens with one attached hydrogen (secondary N) is 1. The van der Waals surface area contributed by atoms with Crippen LogP contribution in [0.4, 0.5) is 4.79 Å². The van der Waals surface area contributed by atoms with E-state index < -0.39 is 17.6 Å². The van der Waals surface area contributed by atoms with Gasteiger partial charge in [0, 0.05) is 17.8 Å². The topological polar surface area (TPSA) is 86.8 Å². The molecule has 0 saturated carbocycles. The Bertz CT molecular complexity index is 1170. The lowest BCUT2D eigenvalue weighted by atomic mass is 9.95. The third kappa shape index (κ3) is 4.53. The number of rotatable bonds is 7. The van der Waals surface area contributed by atoms with E-state index >= 15 is 0 Å². The molecule has 3 aromatic rings. The van der Waals surface area contributed by atoms with Crippen LogP contribution < -0.4 is 14.8 Å². The van der Waals surface area contributed by atoms with Gasteiger partial charge in [-0.15, -0.1) is 0 Å². The van der Waals surface area contributed by atoms with Crippen LogP contribution in [-0.4, -0.2) is 17.0 Å².